The Balaban J connectivity index is 1.36. The molecule has 9 nitrogen and oxygen atoms in total. The van der Waals surface area contributed by atoms with E-state index < -0.39 is 5.54 Å². The van der Waals surface area contributed by atoms with Crippen LogP contribution in [-0.4, -0.2) is 37.5 Å². The predicted molar refractivity (Wildman–Crippen MR) is 137 cm³/mol. The molecule has 1 atom stereocenters. The van der Waals surface area contributed by atoms with Gasteiger partial charge in [0.2, 0.25) is 5.82 Å². The summed E-state index contributed by atoms with van der Waals surface area (Å²) in [5, 5.41) is 9.05. The smallest absolute Gasteiger partial charge is 0.262 e. The minimum Gasteiger partial charge on any atom is -0.369 e. The highest BCUT2D eigenvalue weighted by molar-refractivity contribution is 6.07. The summed E-state index contributed by atoms with van der Waals surface area (Å²) in [5.41, 5.74) is 8.87. The minimum absolute atomic E-state index is 0.0913. The van der Waals surface area contributed by atoms with Crippen LogP contribution < -0.4 is 5.73 Å². The van der Waals surface area contributed by atoms with Gasteiger partial charge in [-0.25, -0.2) is 15.0 Å². The van der Waals surface area contributed by atoms with Gasteiger partial charge in [0.15, 0.2) is 11.5 Å². The number of carbonyl (C=O) groups is 2. The second-order valence-electron chi connectivity index (χ2n) is 9.82. The standard InChI is InChI=1S/C28H27N7O2/c1-18(2)12-28(22-9-4-3-5-10-22)26(37)35(27(30)33-28)15-19-7-6-8-20(11-19)25(36)34-16-21-14-31-24(13-29)32-23(21)17-34/h3-11,14,18H,12,15-17H2,1-2H3,(H2,30,33)/t28-/m0/s1. The normalized spacial score (nSPS) is 18.6. The third-order valence-electron chi connectivity index (χ3n) is 6.69. The van der Waals surface area contributed by atoms with Crippen molar-refractivity contribution in [2.24, 2.45) is 16.6 Å². The first-order chi connectivity index (χ1) is 17.8. The Kier molecular flexibility index (Phi) is 6.17. The van der Waals surface area contributed by atoms with Gasteiger partial charge in [0, 0.05) is 23.9 Å². The minimum atomic E-state index is -1.06. The van der Waals surface area contributed by atoms with Crippen LogP contribution in [0.3, 0.4) is 0 Å². The predicted octanol–water partition coefficient (Wildman–Crippen LogP) is 3.10. The first kappa shape index (κ1) is 24.1. The summed E-state index contributed by atoms with van der Waals surface area (Å²) >= 11 is 0. The topological polar surface area (TPSA) is 129 Å². The SMILES string of the molecule is CC(C)C[C@@]1(c2ccccc2)N=C(N)N(Cc2cccc(C(=O)N3Cc4cnc(C#N)nc4C3)c2)C1=O. The van der Waals surface area contributed by atoms with Gasteiger partial charge in [-0.3, -0.25) is 14.5 Å². The van der Waals surface area contributed by atoms with Crippen LogP contribution in [0.2, 0.25) is 0 Å². The molecule has 0 saturated carbocycles. The Labute approximate surface area is 215 Å². The number of guanidine groups is 1. The number of rotatable bonds is 6. The van der Waals surface area contributed by atoms with Crippen molar-refractivity contribution in [1.29, 1.82) is 5.26 Å². The van der Waals surface area contributed by atoms with Crippen LogP contribution in [0.1, 0.15) is 58.8 Å². The van der Waals surface area contributed by atoms with Crippen LogP contribution in [0, 0.1) is 17.2 Å². The summed E-state index contributed by atoms with van der Waals surface area (Å²) in [6.07, 6.45) is 2.14. The Morgan fingerprint density at radius 1 is 1.16 bits per heavy atom. The fourth-order valence-corrected chi connectivity index (χ4v) is 5.05. The highest BCUT2D eigenvalue weighted by atomic mass is 16.2. The van der Waals surface area contributed by atoms with Crippen LogP contribution in [0.4, 0.5) is 0 Å². The molecular weight excluding hydrogens is 466 g/mol. The summed E-state index contributed by atoms with van der Waals surface area (Å²) in [7, 11) is 0. The zero-order chi connectivity index (χ0) is 26.2. The van der Waals surface area contributed by atoms with E-state index in [0.717, 1.165) is 16.7 Å². The quantitative estimate of drug-likeness (QED) is 0.562. The van der Waals surface area contributed by atoms with E-state index in [4.69, 9.17) is 16.0 Å². The zero-order valence-electron chi connectivity index (χ0n) is 20.8. The van der Waals surface area contributed by atoms with Crippen molar-refractivity contribution in [2.45, 2.75) is 45.4 Å². The van der Waals surface area contributed by atoms with Gasteiger partial charge in [-0.15, -0.1) is 0 Å². The van der Waals surface area contributed by atoms with Crippen molar-refractivity contribution in [1.82, 2.24) is 19.8 Å². The van der Waals surface area contributed by atoms with Gasteiger partial charge in [-0.2, -0.15) is 5.26 Å². The van der Waals surface area contributed by atoms with Gasteiger partial charge in [-0.1, -0.05) is 56.3 Å². The fraction of sp³-hybridized carbons (Fsp3) is 0.286. The summed E-state index contributed by atoms with van der Waals surface area (Å²) < 4.78 is 0. The molecule has 2 amide bonds. The Hall–Kier alpha value is -4.58. The van der Waals surface area contributed by atoms with Crippen LogP contribution >= 0.6 is 0 Å². The van der Waals surface area contributed by atoms with E-state index in [1.54, 1.807) is 29.3 Å². The van der Waals surface area contributed by atoms with Crippen molar-refractivity contribution in [3.8, 4) is 6.07 Å². The molecule has 1 aromatic heterocycles. The molecule has 0 bridgehead atoms. The first-order valence-electron chi connectivity index (χ1n) is 12.2. The third kappa shape index (κ3) is 4.42. The monoisotopic (exact) mass is 493 g/mol. The van der Waals surface area contributed by atoms with Gasteiger partial charge < -0.3 is 10.6 Å². The number of benzene rings is 2. The molecule has 2 aliphatic heterocycles. The average Bonchev–Trinajstić information content (AvgIpc) is 3.43. The Morgan fingerprint density at radius 3 is 2.68 bits per heavy atom. The van der Waals surface area contributed by atoms with Crippen molar-refractivity contribution >= 4 is 17.8 Å². The summed E-state index contributed by atoms with van der Waals surface area (Å²) in [4.78, 5) is 43.2. The van der Waals surface area contributed by atoms with Gasteiger partial charge in [0.1, 0.15) is 6.07 Å². The zero-order valence-corrected chi connectivity index (χ0v) is 20.8. The molecule has 3 aromatic rings. The number of nitrogens with two attached hydrogens (primary N) is 1. The number of aliphatic imine (C=N–C) groups is 1. The molecule has 37 heavy (non-hydrogen) atoms. The van der Waals surface area contributed by atoms with Crippen molar-refractivity contribution in [3.63, 3.8) is 0 Å². The molecule has 2 aromatic carbocycles. The molecule has 0 aliphatic carbocycles. The molecule has 9 heteroatoms. The number of fused-ring (bicyclic) bond motifs is 1. The summed E-state index contributed by atoms with van der Waals surface area (Å²) in [6.45, 7) is 5.02. The number of aromatic nitrogens is 2. The summed E-state index contributed by atoms with van der Waals surface area (Å²) in [5.74, 6) is 0.163. The summed E-state index contributed by atoms with van der Waals surface area (Å²) in [6, 6.07) is 18.7. The number of nitrogens with zero attached hydrogens (tertiary/aromatic N) is 6. The van der Waals surface area contributed by atoms with E-state index in [9.17, 15) is 9.59 Å². The number of nitriles is 1. The lowest BCUT2D eigenvalue weighted by Crippen LogP contribution is -2.43. The van der Waals surface area contributed by atoms with Crippen LogP contribution in [0.25, 0.3) is 0 Å². The molecule has 5 rings (SSSR count). The van der Waals surface area contributed by atoms with E-state index in [0.29, 0.717) is 30.8 Å². The number of hydrogen-bond donors (Lipinski definition) is 1. The van der Waals surface area contributed by atoms with Gasteiger partial charge in [0.25, 0.3) is 11.8 Å². The van der Waals surface area contributed by atoms with Crippen molar-refractivity contribution in [3.05, 3.63) is 94.6 Å². The third-order valence-corrected chi connectivity index (χ3v) is 6.69. The molecule has 0 radical (unpaired) electrons. The maximum atomic E-state index is 13.8. The maximum Gasteiger partial charge on any atom is 0.262 e. The van der Waals surface area contributed by atoms with Crippen molar-refractivity contribution in [2.75, 3.05) is 0 Å². The lowest BCUT2D eigenvalue weighted by atomic mass is 9.82. The fourth-order valence-electron chi connectivity index (χ4n) is 5.05. The second kappa shape index (κ2) is 9.47. The highest BCUT2D eigenvalue weighted by Crippen LogP contribution is 2.39. The molecular formula is C28H27N7O2. The van der Waals surface area contributed by atoms with E-state index >= 15 is 0 Å². The van der Waals surface area contributed by atoms with E-state index in [1.807, 2.05) is 42.5 Å². The van der Waals surface area contributed by atoms with Crippen LogP contribution in [0.5, 0.6) is 0 Å². The lowest BCUT2D eigenvalue weighted by Gasteiger charge is -2.28. The maximum absolute atomic E-state index is 13.8. The van der Waals surface area contributed by atoms with Crippen LogP contribution in [0.15, 0.2) is 65.8 Å². The van der Waals surface area contributed by atoms with Gasteiger partial charge in [0.05, 0.1) is 18.8 Å². The number of hydrogen-bond acceptors (Lipinski definition) is 7. The van der Waals surface area contributed by atoms with Crippen LogP contribution in [-0.2, 0) is 30.0 Å². The molecule has 186 valence electrons. The second-order valence-corrected chi connectivity index (χ2v) is 9.82. The average molecular weight is 494 g/mol. The Morgan fingerprint density at radius 2 is 1.95 bits per heavy atom. The lowest BCUT2D eigenvalue weighted by molar-refractivity contribution is -0.132. The van der Waals surface area contributed by atoms with E-state index in [-0.39, 0.29) is 36.1 Å². The largest absolute Gasteiger partial charge is 0.369 e. The first-order valence-corrected chi connectivity index (χ1v) is 12.2. The molecule has 2 N–H and O–H groups in total. The highest BCUT2D eigenvalue weighted by Gasteiger charge is 2.49. The van der Waals surface area contributed by atoms with Crippen molar-refractivity contribution < 1.29 is 9.59 Å². The number of carbonyl (C=O) groups excluding carboxylic acids is 2. The van der Waals surface area contributed by atoms with Gasteiger partial charge in [-0.05, 0) is 35.6 Å². The molecule has 0 saturated heterocycles. The molecule has 3 heterocycles. The van der Waals surface area contributed by atoms with E-state index in [2.05, 4.69) is 23.8 Å². The Bertz CT molecular complexity index is 1440. The molecule has 0 unspecified atom stereocenters. The number of amides is 2. The molecule has 0 fully saturated rings. The van der Waals surface area contributed by atoms with Gasteiger partial charge >= 0.3 is 0 Å². The molecule has 0 spiro atoms. The van der Waals surface area contributed by atoms with E-state index in [1.165, 1.54) is 4.90 Å². The molecule has 2 aliphatic rings.